The molecule has 0 aliphatic heterocycles. The fraction of sp³-hybridized carbons (Fsp3) is 0.214. The number of methoxy groups -OCH3 is 1. The number of amides is 1. The second-order valence-electron chi connectivity index (χ2n) is 3.92. The summed E-state index contributed by atoms with van der Waals surface area (Å²) in [7, 11) is 1.63. The Morgan fingerprint density at radius 2 is 2.47 bits per heavy atom. The van der Waals surface area contributed by atoms with Gasteiger partial charge >= 0.3 is 0 Å². The highest BCUT2D eigenvalue weighted by Gasteiger charge is 2.11. The van der Waals surface area contributed by atoms with Gasteiger partial charge in [0.2, 0.25) is 5.91 Å². The van der Waals surface area contributed by atoms with Gasteiger partial charge in [0.1, 0.15) is 6.10 Å². The zero-order chi connectivity index (χ0) is 13.5. The number of carbonyl (C=O) groups excluding carboxylic acids is 1. The first-order valence-corrected chi connectivity index (χ1v) is 6.77. The molecule has 0 spiro atoms. The van der Waals surface area contributed by atoms with Gasteiger partial charge in [-0.1, -0.05) is 0 Å². The number of furan rings is 1. The van der Waals surface area contributed by atoms with Gasteiger partial charge in [-0.2, -0.15) is 11.3 Å². The molecule has 2 rings (SSSR count). The van der Waals surface area contributed by atoms with Crippen molar-refractivity contribution in [2.75, 3.05) is 13.7 Å². The van der Waals surface area contributed by atoms with E-state index in [0.29, 0.717) is 6.54 Å². The standard InChI is InChI=1S/C14H15NO3S/c1-17-13(12-5-7-19-10-12)8-15-14(16)3-2-11-4-6-18-9-11/h2-7,9-10,13H,8H2,1H3,(H,15,16)/b3-2+. The average Bonchev–Trinajstić information content (AvgIpc) is 3.10. The molecule has 5 heteroatoms. The van der Waals surface area contributed by atoms with Crippen LogP contribution in [0.2, 0.25) is 0 Å². The largest absolute Gasteiger partial charge is 0.472 e. The van der Waals surface area contributed by atoms with Gasteiger partial charge in [0.15, 0.2) is 0 Å². The predicted octanol–water partition coefficient (Wildman–Crippen LogP) is 2.86. The second-order valence-corrected chi connectivity index (χ2v) is 4.70. The maximum atomic E-state index is 11.6. The highest BCUT2D eigenvalue weighted by Crippen LogP contribution is 2.18. The molecule has 0 aromatic carbocycles. The lowest BCUT2D eigenvalue weighted by Crippen LogP contribution is -2.27. The van der Waals surface area contributed by atoms with Crippen LogP contribution in [0.1, 0.15) is 17.2 Å². The zero-order valence-corrected chi connectivity index (χ0v) is 11.4. The summed E-state index contributed by atoms with van der Waals surface area (Å²) in [4.78, 5) is 11.6. The summed E-state index contributed by atoms with van der Waals surface area (Å²) >= 11 is 1.61. The van der Waals surface area contributed by atoms with Crippen LogP contribution in [0, 0.1) is 0 Å². The molecule has 0 aliphatic rings. The first-order valence-electron chi connectivity index (χ1n) is 5.82. The molecule has 1 unspecified atom stereocenters. The van der Waals surface area contributed by atoms with Crippen LogP contribution in [0.3, 0.4) is 0 Å². The van der Waals surface area contributed by atoms with Crippen LogP contribution in [0.5, 0.6) is 0 Å². The lowest BCUT2D eigenvalue weighted by molar-refractivity contribution is -0.117. The number of nitrogens with one attached hydrogen (secondary N) is 1. The molecule has 100 valence electrons. The summed E-state index contributed by atoms with van der Waals surface area (Å²) in [6.07, 6.45) is 6.20. The molecule has 0 aliphatic carbocycles. The van der Waals surface area contributed by atoms with Crippen LogP contribution in [-0.4, -0.2) is 19.6 Å². The maximum Gasteiger partial charge on any atom is 0.244 e. The van der Waals surface area contributed by atoms with Gasteiger partial charge in [-0.25, -0.2) is 0 Å². The molecule has 2 aromatic heterocycles. The first kappa shape index (κ1) is 13.6. The van der Waals surface area contributed by atoms with Crippen molar-refractivity contribution in [2.24, 2.45) is 0 Å². The van der Waals surface area contributed by atoms with Crippen molar-refractivity contribution in [1.82, 2.24) is 5.32 Å². The van der Waals surface area contributed by atoms with Crippen LogP contribution < -0.4 is 5.32 Å². The topological polar surface area (TPSA) is 51.5 Å². The van der Waals surface area contributed by atoms with Crippen molar-refractivity contribution in [1.29, 1.82) is 0 Å². The summed E-state index contributed by atoms with van der Waals surface area (Å²) < 4.78 is 10.3. The van der Waals surface area contributed by atoms with Crippen molar-refractivity contribution in [3.63, 3.8) is 0 Å². The van der Waals surface area contributed by atoms with E-state index in [1.165, 1.54) is 6.08 Å². The van der Waals surface area contributed by atoms with E-state index in [1.807, 2.05) is 16.8 Å². The molecule has 2 heterocycles. The molecule has 1 atom stereocenters. The molecule has 0 bridgehead atoms. The van der Waals surface area contributed by atoms with Crippen molar-refractivity contribution in [3.8, 4) is 0 Å². The van der Waals surface area contributed by atoms with Gasteiger partial charge < -0.3 is 14.5 Å². The third kappa shape index (κ3) is 4.08. The first-order chi connectivity index (χ1) is 9.29. The quantitative estimate of drug-likeness (QED) is 0.826. The fourth-order valence-corrected chi connectivity index (χ4v) is 2.29. The molecule has 19 heavy (non-hydrogen) atoms. The van der Waals surface area contributed by atoms with E-state index in [2.05, 4.69) is 5.32 Å². The van der Waals surface area contributed by atoms with Gasteiger partial charge in [-0.15, -0.1) is 0 Å². The van der Waals surface area contributed by atoms with Crippen molar-refractivity contribution in [3.05, 3.63) is 52.6 Å². The molecule has 0 radical (unpaired) electrons. The number of hydrogen-bond acceptors (Lipinski definition) is 4. The molecule has 0 saturated heterocycles. The Morgan fingerprint density at radius 3 is 3.11 bits per heavy atom. The number of carbonyl (C=O) groups is 1. The Labute approximate surface area is 115 Å². The van der Waals surface area contributed by atoms with E-state index >= 15 is 0 Å². The van der Waals surface area contributed by atoms with E-state index in [0.717, 1.165) is 11.1 Å². The SMILES string of the molecule is COC(CNC(=O)/C=C/c1ccoc1)c1ccsc1. The van der Waals surface area contributed by atoms with Crippen LogP contribution in [-0.2, 0) is 9.53 Å². The molecular weight excluding hydrogens is 262 g/mol. The predicted molar refractivity (Wildman–Crippen MR) is 74.8 cm³/mol. The van der Waals surface area contributed by atoms with Gasteiger partial charge in [0.25, 0.3) is 0 Å². The smallest absolute Gasteiger partial charge is 0.244 e. The lowest BCUT2D eigenvalue weighted by Gasteiger charge is -2.14. The zero-order valence-electron chi connectivity index (χ0n) is 10.5. The third-order valence-corrected chi connectivity index (χ3v) is 3.33. The highest BCUT2D eigenvalue weighted by molar-refractivity contribution is 7.07. The molecule has 1 N–H and O–H groups in total. The lowest BCUT2D eigenvalue weighted by atomic mass is 10.2. The van der Waals surface area contributed by atoms with E-state index in [-0.39, 0.29) is 12.0 Å². The Bertz CT molecular complexity index is 517. The molecule has 0 saturated carbocycles. The van der Waals surface area contributed by atoms with Gasteiger partial charge in [0, 0.05) is 25.3 Å². The molecular formula is C14H15NO3S. The number of hydrogen-bond donors (Lipinski definition) is 1. The second kappa shape index (κ2) is 6.92. The van der Waals surface area contributed by atoms with E-state index in [4.69, 9.17) is 9.15 Å². The molecule has 4 nitrogen and oxygen atoms in total. The summed E-state index contributed by atoms with van der Waals surface area (Å²) in [5.74, 6) is -0.154. The molecule has 0 fully saturated rings. The third-order valence-electron chi connectivity index (χ3n) is 2.63. The fourth-order valence-electron chi connectivity index (χ4n) is 1.59. The summed E-state index contributed by atoms with van der Waals surface area (Å²) in [6, 6.07) is 3.78. The number of thiophene rings is 1. The van der Waals surface area contributed by atoms with Gasteiger partial charge in [-0.3, -0.25) is 4.79 Å². The van der Waals surface area contributed by atoms with Gasteiger partial charge in [-0.05, 0) is 34.5 Å². The average molecular weight is 277 g/mol. The summed E-state index contributed by atoms with van der Waals surface area (Å²) in [5.41, 5.74) is 1.93. The molecule has 2 aromatic rings. The summed E-state index contributed by atoms with van der Waals surface area (Å²) in [5, 5.41) is 6.81. The minimum Gasteiger partial charge on any atom is -0.472 e. The van der Waals surface area contributed by atoms with Crippen LogP contribution >= 0.6 is 11.3 Å². The van der Waals surface area contributed by atoms with Crippen LogP contribution in [0.25, 0.3) is 6.08 Å². The normalized spacial score (nSPS) is 12.7. The van der Waals surface area contributed by atoms with Gasteiger partial charge in [0.05, 0.1) is 12.5 Å². The number of ether oxygens (including phenoxy) is 1. The van der Waals surface area contributed by atoms with Crippen molar-refractivity contribution >= 4 is 23.3 Å². The Kier molecular flexibility index (Phi) is 4.94. The maximum absolute atomic E-state index is 11.6. The molecule has 1 amide bonds. The monoisotopic (exact) mass is 277 g/mol. The van der Waals surface area contributed by atoms with Crippen molar-refractivity contribution < 1.29 is 13.9 Å². The summed E-state index contributed by atoms with van der Waals surface area (Å²) in [6.45, 7) is 0.446. The van der Waals surface area contributed by atoms with Crippen molar-refractivity contribution in [2.45, 2.75) is 6.10 Å². The number of rotatable bonds is 6. The Hall–Kier alpha value is -1.85. The minimum atomic E-state index is -0.154. The van der Waals surface area contributed by atoms with E-state index < -0.39 is 0 Å². The highest BCUT2D eigenvalue weighted by atomic mass is 32.1. The Morgan fingerprint density at radius 1 is 1.58 bits per heavy atom. The minimum absolute atomic E-state index is 0.113. The Balaban J connectivity index is 1.82. The van der Waals surface area contributed by atoms with E-state index in [1.54, 1.807) is 43.1 Å². The van der Waals surface area contributed by atoms with Crippen LogP contribution in [0.15, 0.2) is 45.9 Å². The van der Waals surface area contributed by atoms with Crippen LogP contribution in [0.4, 0.5) is 0 Å². The van der Waals surface area contributed by atoms with E-state index in [9.17, 15) is 4.79 Å².